The second kappa shape index (κ2) is 8.02. The van der Waals surface area contributed by atoms with Crippen LogP contribution in [0.25, 0.3) is 0 Å². The first kappa shape index (κ1) is 15.8. The maximum atomic E-state index is 11.8. The molecule has 1 aromatic heterocycles. The number of nitrogens with one attached hydrogen (secondary N) is 2. The Hall–Kier alpha value is -2.56. The van der Waals surface area contributed by atoms with Crippen LogP contribution < -0.4 is 15.4 Å². The largest absolute Gasteiger partial charge is 0.492 e. The molecule has 0 spiro atoms. The van der Waals surface area contributed by atoms with Crippen molar-refractivity contribution >= 4 is 6.03 Å². The Kier molecular flexibility index (Phi) is 5.77. The summed E-state index contributed by atoms with van der Waals surface area (Å²) in [5, 5.41) is 5.65. The van der Waals surface area contributed by atoms with E-state index in [4.69, 9.17) is 4.74 Å². The molecule has 1 unspecified atom stereocenters. The second-order valence-electron chi connectivity index (χ2n) is 5.07. The molecule has 0 saturated carbocycles. The number of rotatable bonds is 6. The summed E-state index contributed by atoms with van der Waals surface area (Å²) in [6, 6.07) is 11.3. The number of aromatic nitrogens is 1. The molecule has 2 rings (SSSR count). The van der Waals surface area contributed by atoms with Crippen molar-refractivity contribution in [2.24, 2.45) is 0 Å². The molecule has 1 heterocycles. The highest BCUT2D eigenvalue weighted by atomic mass is 16.5. The molecule has 0 saturated heterocycles. The van der Waals surface area contributed by atoms with E-state index in [1.54, 1.807) is 12.4 Å². The molecule has 116 valence electrons. The first-order chi connectivity index (χ1) is 10.6. The fourth-order valence-corrected chi connectivity index (χ4v) is 2.02. The molecule has 0 bridgehead atoms. The fraction of sp³-hybridized carbons (Fsp3) is 0.294. The fourth-order valence-electron chi connectivity index (χ4n) is 2.02. The van der Waals surface area contributed by atoms with E-state index >= 15 is 0 Å². The molecule has 1 aromatic carbocycles. The Morgan fingerprint density at radius 3 is 2.77 bits per heavy atom. The third-order valence-corrected chi connectivity index (χ3v) is 3.20. The number of hydrogen-bond donors (Lipinski definition) is 2. The number of carbonyl (C=O) groups excluding carboxylic acids is 1. The topological polar surface area (TPSA) is 63.2 Å². The predicted octanol–water partition coefficient (Wildman–Crippen LogP) is 2.83. The smallest absolute Gasteiger partial charge is 0.315 e. The summed E-state index contributed by atoms with van der Waals surface area (Å²) < 4.78 is 5.58. The molecule has 0 aliphatic heterocycles. The Bertz CT molecular complexity index is 602. The lowest BCUT2D eigenvalue weighted by atomic mass is 10.1. The van der Waals surface area contributed by atoms with Crippen molar-refractivity contribution in [2.45, 2.75) is 19.9 Å². The third-order valence-electron chi connectivity index (χ3n) is 3.20. The summed E-state index contributed by atoms with van der Waals surface area (Å²) in [4.78, 5) is 15.8. The van der Waals surface area contributed by atoms with Crippen LogP contribution in [0.2, 0.25) is 0 Å². The monoisotopic (exact) mass is 299 g/mol. The van der Waals surface area contributed by atoms with Crippen molar-refractivity contribution in [3.05, 3.63) is 59.9 Å². The first-order valence-electron chi connectivity index (χ1n) is 7.29. The van der Waals surface area contributed by atoms with Crippen LogP contribution in [-0.4, -0.2) is 24.2 Å². The summed E-state index contributed by atoms with van der Waals surface area (Å²) in [7, 11) is 0. The Morgan fingerprint density at radius 1 is 1.27 bits per heavy atom. The van der Waals surface area contributed by atoms with E-state index in [1.807, 2.05) is 50.2 Å². The van der Waals surface area contributed by atoms with E-state index in [9.17, 15) is 4.79 Å². The van der Waals surface area contributed by atoms with Crippen molar-refractivity contribution in [1.82, 2.24) is 15.6 Å². The highest BCUT2D eigenvalue weighted by Gasteiger charge is 2.08. The van der Waals surface area contributed by atoms with Crippen LogP contribution in [0.1, 0.15) is 24.1 Å². The molecule has 0 fully saturated rings. The zero-order valence-electron chi connectivity index (χ0n) is 12.9. The molecule has 5 heteroatoms. The number of urea groups is 1. The normalized spacial score (nSPS) is 11.5. The van der Waals surface area contributed by atoms with Crippen LogP contribution in [0.4, 0.5) is 4.79 Å². The van der Waals surface area contributed by atoms with Crippen molar-refractivity contribution in [1.29, 1.82) is 0 Å². The number of hydrogen-bond acceptors (Lipinski definition) is 3. The standard InChI is InChI=1S/C17H21N3O2/c1-13-4-3-5-16(12-13)22-11-10-19-17(21)20-14(2)15-6-8-18-9-7-15/h3-9,12,14H,10-11H2,1-2H3,(H2,19,20,21). The van der Waals surface area contributed by atoms with E-state index in [1.165, 1.54) is 0 Å². The molecule has 2 aromatic rings. The SMILES string of the molecule is Cc1cccc(OCCNC(=O)NC(C)c2ccncc2)c1. The average Bonchev–Trinajstić information content (AvgIpc) is 2.52. The predicted molar refractivity (Wildman–Crippen MR) is 85.9 cm³/mol. The van der Waals surface area contributed by atoms with Gasteiger partial charge in [0.25, 0.3) is 0 Å². The van der Waals surface area contributed by atoms with Gasteiger partial charge in [0.2, 0.25) is 0 Å². The molecule has 2 amide bonds. The van der Waals surface area contributed by atoms with Gasteiger partial charge >= 0.3 is 6.03 Å². The van der Waals surface area contributed by atoms with Crippen molar-refractivity contribution in [2.75, 3.05) is 13.2 Å². The summed E-state index contributed by atoms with van der Waals surface area (Å²) in [6.07, 6.45) is 3.42. The minimum Gasteiger partial charge on any atom is -0.492 e. The lowest BCUT2D eigenvalue weighted by Crippen LogP contribution is -2.38. The van der Waals surface area contributed by atoms with E-state index in [-0.39, 0.29) is 12.1 Å². The van der Waals surface area contributed by atoms with Crippen LogP contribution in [0.5, 0.6) is 5.75 Å². The summed E-state index contributed by atoms with van der Waals surface area (Å²) in [5.74, 6) is 0.812. The molecule has 0 aliphatic rings. The van der Waals surface area contributed by atoms with Gasteiger partial charge < -0.3 is 15.4 Å². The molecule has 1 atom stereocenters. The number of nitrogens with zero attached hydrogens (tertiary/aromatic N) is 1. The van der Waals surface area contributed by atoms with E-state index < -0.39 is 0 Å². The van der Waals surface area contributed by atoms with Crippen LogP contribution in [0.15, 0.2) is 48.8 Å². The number of benzene rings is 1. The van der Waals surface area contributed by atoms with Gasteiger partial charge in [-0.2, -0.15) is 0 Å². The molecule has 0 aliphatic carbocycles. The van der Waals surface area contributed by atoms with Crippen LogP contribution in [-0.2, 0) is 0 Å². The molecule has 0 radical (unpaired) electrons. The van der Waals surface area contributed by atoms with Gasteiger partial charge in [0, 0.05) is 12.4 Å². The number of amides is 2. The molecule has 22 heavy (non-hydrogen) atoms. The highest BCUT2D eigenvalue weighted by molar-refractivity contribution is 5.74. The van der Waals surface area contributed by atoms with Crippen molar-refractivity contribution in [3.63, 3.8) is 0 Å². The Morgan fingerprint density at radius 2 is 2.05 bits per heavy atom. The number of aryl methyl sites for hydroxylation is 1. The van der Waals surface area contributed by atoms with Gasteiger partial charge in [0.05, 0.1) is 12.6 Å². The van der Waals surface area contributed by atoms with Gasteiger partial charge in [-0.1, -0.05) is 12.1 Å². The summed E-state index contributed by atoms with van der Waals surface area (Å²) >= 11 is 0. The molecule has 2 N–H and O–H groups in total. The lowest BCUT2D eigenvalue weighted by Gasteiger charge is -2.15. The minimum atomic E-state index is -0.211. The van der Waals surface area contributed by atoms with E-state index in [2.05, 4.69) is 15.6 Å². The Labute approximate surface area is 130 Å². The quantitative estimate of drug-likeness (QED) is 0.806. The van der Waals surface area contributed by atoms with Gasteiger partial charge in [-0.15, -0.1) is 0 Å². The number of carbonyl (C=O) groups is 1. The third kappa shape index (κ3) is 5.09. The van der Waals surface area contributed by atoms with Gasteiger partial charge in [-0.05, 0) is 49.2 Å². The van der Waals surface area contributed by atoms with Crippen LogP contribution >= 0.6 is 0 Å². The molecule has 5 nitrogen and oxygen atoms in total. The zero-order valence-corrected chi connectivity index (χ0v) is 12.9. The maximum Gasteiger partial charge on any atom is 0.315 e. The van der Waals surface area contributed by atoms with Gasteiger partial charge in [0.1, 0.15) is 12.4 Å². The average molecular weight is 299 g/mol. The lowest BCUT2D eigenvalue weighted by molar-refractivity contribution is 0.233. The van der Waals surface area contributed by atoms with Gasteiger partial charge in [0.15, 0.2) is 0 Å². The summed E-state index contributed by atoms with van der Waals surface area (Å²) in [5.41, 5.74) is 2.16. The van der Waals surface area contributed by atoms with Gasteiger partial charge in [-0.3, -0.25) is 4.98 Å². The molecular weight excluding hydrogens is 278 g/mol. The maximum absolute atomic E-state index is 11.8. The second-order valence-corrected chi connectivity index (χ2v) is 5.07. The van der Waals surface area contributed by atoms with E-state index in [0.29, 0.717) is 13.2 Å². The minimum absolute atomic E-state index is 0.0688. The molecular formula is C17H21N3O2. The van der Waals surface area contributed by atoms with Crippen LogP contribution in [0.3, 0.4) is 0 Å². The first-order valence-corrected chi connectivity index (χ1v) is 7.29. The highest BCUT2D eigenvalue weighted by Crippen LogP contribution is 2.12. The van der Waals surface area contributed by atoms with Crippen molar-refractivity contribution in [3.8, 4) is 5.75 Å². The van der Waals surface area contributed by atoms with E-state index in [0.717, 1.165) is 16.9 Å². The van der Waals surface area contributed by atoms with Gasteiger partial charge in [-0.25, -0.2) is 4.79 Å². The zero-order chi connectivity index (χ0) is 15.8. The number of pyridine rings is 1. The van der Waals surface area contributed by atoms with Crippen LogP contribution in [0, 0.1) is 6.92 Å². The number of ether oxygens (including phenoxy) is 1. The van der Waals surface area contributed by atoms with Crippen molar-refractivity contribution < 1.29 is 9.53 Å². The Balaban J connectivity index is 1.68. The summed E-state index contributed by atoms with van der Waals surface area (Å²) in [6.45, 7) is 4.82.